The lowest BCUT2D eigenvalue weighted by molar-refractivity contribution is 0.0272. The van der Waals surface area contributed by atoms with E-state index in [4.69, 9.17) is 21.1 Å². The van der Waals surface area contributed by atoms with Crippen molar-refractivity contribution < 1.29 is 9.53 Å². The van der Waals surface area contributed by atoms with Gasteiger partial charge in [-0.25, -0.2) is 4.98 Å². The van der Waals surface area contributed by atoms with Gasteiger partial charge in [-0.2, -0.15) is 5.26 Å². The van der Waals surface area contributed by atoms with Gasteiger partial charge in [-0.3, -0.25) is 4.79 Å². The van der Waals surface area contributed by atoms with Crippen LogP contribution >= 0.6 is 0 Å². The van der Waals surface area contributed by atoms with E-state index in [0.717, 1.165) is 41.5 Å². The fourth-order valence-corrected chi connectivity index (χ4v) is 4.62. The third kappa shape index (κ3) is 6.44. The number of aromatic nitrogens is 1. The van der Waals surface area contributed by atoms with Crippen LogP contribution in [0, 0.1) is 16.7 Å². The zero-order valence-corrected chi connectivity index (χ0v) is 21.4. The van der Waals surface area contributed by atoms with Gasteiger partial charge in [-0.1, -0.05) is 48.5 Å². The quantitative estimate of drug-likeness (QED) is 0.298. The van der Waals surface area contributed by atoms with Crippen LogP contribution in [-0.2, 0) is 17.8 Å². The molecule has 2 atom stereocenters. The number of amides is 1. The van der Waals surface area contributed by atoms with Crippen LogP contribution in [0.5, 0.6) is 0 Å². The molecule has 0 spiro atoms. The van der Waals surface area contributed by atoms with E-state index >= 15 is 0 Å². The van der Waals surface area contributed by atoms with Crippen LogP contribution in [0.3, 0.4) is 0 Å². The van der Waals surface area contributed by atoms with Crippen molar-refractivity contribution >= 4 is 23.5 Å². The SMILES string of the molecule is CN/C=C(\C=N)c1cnc(N)c(C(=O)NC2CCC[C@@H]2OCc2ccc(-c3ccc(CC#N)cc3)cc2)c1. The molecule has 38 heavy (non-hydrogen) atoms. The van der Waals surface area contributed by atoms with Crippen LogP contribution in [-0.4, -0.2) is 36.3 Å². The highest BCUT2D eigenvalue weighted by molar-refractivity contribution is 6.09. The van der Waals surface area contributed by atoms with Gasteiger partial charge in [0.25, 0.3) is 5.91 Å². The van der Waals surface area contributed by atoms with Crippen molar-refractivity contribution in [1.82, 2.24) is 15.6 Å². The standard InChI is InChI=1S/C30H32N6O2/c1-34-17-25(16-32)24-15-26(29(33)35-18-24)30(37)36-27-3-2-4-28(27)38-19-21-7-11-23(12-8-21)22-9-5-20(6-10-22)13-14-31/h5-12,15-18,27-28,32,34H,2-4,13,19H2,1H3,(H2,33,35)(H,36,37)/b25-17+,32-16?/t27?,28-/m0/s1. The molecule has 1 fully saturated rings. The second kappa shape index (κ2) is 12.7. The Morgan fingerprint density at radius 2 is 1.84 bits per heavy atom. The number of nitrogens with two attached hydrogens (primary N) is 1. The maximum Gasteiger partial charge on any atom is 0.255 e. The van der Waals surface area contributed by atoms with Gasteiger partial charge < -0.3 is 26.5 Å². The Balaban J connectivity index is 1.36. The molecule has 4 rings (SSSR count). The Bertz CT molecular complexity index is 1340. The second-order valence-electron chi connectivity index (χ2n) is 9.28. The Kier molecular flexibility index (Phi) is 8.85. The predicted molar refractivity (Wildman–Crippen MR) is 149 cm³/mol. The molecule has 1 saturated carbocycles. The molecule has 8 heteroatoms. The number of hydrogen-bond donors (Lipinski definition) is 4. The molecular weight excluding hydrogens is 476 g/mol. The first kappa shape index (κ1) is 26.6. The van der Waals surface area contributed by atoms with E-state index in [1.165, 1.54) is 6.21 Å². The van der Waals surface area contributed by atoms with E-state index in [1.54, 1.807) is 25.5 Å². The summed E-state index contributed by atoms with van der Waals surface area (Å²) < 4.78 is 6.23. The predicted octanol–water partition coefficient (Wildman–Crippen LogP) is 4.47. The van der Waals surface area contributed by atoms with Crippen molar-refractivity contribution in [1.29, 1.82) is 10.7 Å². The molecule has 2 aromatic carbocycles. The Morgan fingerprint density at radius 3 is 2.47 bits per heavy atom. The van der Waals surface area contributed by atoms with Gasteiger partial charge in [-0.15, -0.1) is 0 Å². The van der Waals surface area contributed by atoms with Gasteiger partial charge in [0.2, 0.25) is 0 Å². The van der Waals surface area contributed by atoms with Crippen LogP contribution < -0.4 is 16.4 Å². The van der Waals surface area contributed by atoms with E-state index < -0.39 is 0 Å². The summed E-state index contributed by atoms with van der Waals surface area (Å²) >= 11 is 0. The molecule has 1 amide bonds. The molecule has 194 valence electrons. The van der Waals surface area contributed by atoms with E-state index in [1.807, 2.05) is 24.3 Å². The maximum atomic E-state index is 13.1. The molecule has 0 bridgehead atoms. The average Bonchev–Trinajstić information content (AvgIpc) is 3.38. The summed E-state index contributed by atoms with van der Waals surface area (Å²) in [6.07, 6.45) is 7.40. The van der Waals surface area contributed by atoms with Crippen LogP contribution in [0.1, 0.15) is 46.3 Å². The summed E-state index contributed by atoms with van der Waals surface area (Å²) in [6, 6.07) is 20.0. The average molecular weight is 509 g/mol. The van der Waals surface area contributed by atoms with Crippen molar-refractivity contribution in [3.05, 3.63) is 89.2 Å². The third-order valence-corrected chi connectivity index (χ3v) is 6.71. The molecule has 0 saturated heterocycles. The monoisotopic (exact) mass is 508 g/mol. The Hall–Kier alpha value is -4.48. The topological polar surface area (TPSA) is 137 Å². The maximum absolute atomic E-state index is 13.1. The molecule has 1 unspecified atom stereocenters. The fraction of sp³-hybridized carbons (Fsp3) is 0.267. The summed E-state index contributed by atoms with van der Waals surface area (Å²) in [7, 11) is 1.74. The number of carbonyl (C=O) groups excluding carboxylic acids is 1. The lowest BCUT2D eigenvalue weighted by Gasteiger charge is -2.22. The number of carbonyl (C=O) groups is 1. The number of anilines is 1. The molecule has 0 aliphatic heterocycles. The molecule has 0 radical (unpaired) electrons. The first-order chi connectivity index (χ1) is 18.5. The number of nitrogens with zero attached hydrogens (tertiary/aromatic N) is 2. The summed E-state index contributed by atoms with van der Waals surface area (Å²) in [5.41, 5.74) is 11.8. The van der Waals surface area contributed by atoms with Crippen molar-refractivity contribution in [2.24, 2.45) is 0 Å². The number of nitrogen functional groups attached to an aromatic ring is 1. The molecule has 5 N–H and O–H groups in total. The van der Waals surface area contributed by atoms with Crippen molar-refractivity contribution in [2.45, 2.75) is 44.4 Å². The minimum atomic E-state index is -0.295. The molecule has 1 aliphatic carbocycles. The molecular formula is C30H32N6O2. The number of nitrogens with one attached hydrogen (secondary N) is 3. The zero-order chi connectivity index (χ0) is 26.9. The second-order valence-corrected chi connectivity index (χ2v) is 9.28. The molecule has 3 aromatic rings. The highest BCUT2D eigenvalue weighted by Gasteiger charge is 2.30. The summed E-state index contributed by atoms with van der Waals surface area (Å²) in [6.45, 7) is 0.453. The van der Waals surface area contributed by atoms with Crippen molar-refractivity contribution in [3.63, 3.8) is 0 Å². The highest BCUT2D eigenvalue weighted by atomic mass is 16.5. The largest absolute Gasteiger partial charge is 0.393 e. The number of nitriles is 1. The van der Waals surface area contributed by atoms with Gasteiger partial charge in [0.05, 0.1) is 36.8 Å². The van der Waals surface area contributed by atoms with Crippen molar-refractivity contribution in [3.8, 4) is 17.2 Å². The highest BCUT2D eigenvalue weighted by Crippen LogP contribution is 2.26. The minimum absolute atomic E-state index is 0.0926. The molecule has 1 heterocycles. The lowest BCUT2D eigenvalue weighted by atomic mass is 10.0. The van der Waals surface area contributed by atoms with Crippen LogP contribution in [0.2, 0.25) is 0 Å². The number of allylic oxidation sites excluding steroid dienone is 1. The van der Waals surface area contributed by atoms with E-state index in [2.05, 4.69) is 46.0 Å². The first-order valence-corrected chi connectivity index (χ1v) is 12.6. The van der Waals surface area contributed by atoms with Crippen molar-refractivity contribution in [2.75, 3.05) is 12.8 Å². The van der Waals surface area contributed by atoms with Crippen LogP contribution in [0.4, 0.5) is 5.82 Å². The van der Waals surface area contributed by atoms with Gasteiger partial charge in [0.1, 0.15) is 5.82 Å². The van der Waals surface area contributed by atoms with Gasteiger partial charge >= 0.3 is 0 Å². The number of benzene rings is 2. The fourth-order valence-electron chi connectivity index (χ4n) is 4.62. The third-order valence-electron chi connectivity index (χ3n) is 6.71. The normalized spacial score (nSPS) is 17.0. The minimum Gasteiger partial charge on any atom is -0.393 e. The Morgan fingerprint density at radius 1 is 1.16 bits per heavy atom. The van der Waals surface area contributed by atoms with Gasteiger partial charge in [0.15, 0.2) is 0 Å². The van der Waals surface area contributed by atoms with Crippen LogP contribution in [0.25, 0.3) is 16.7 Å². The summed E-state index contributed by atoms with van der Waals surface area (Å²) in [4.78, 5) is 17.3. The van der Waals surface area contributed by atoms with Gasteiger partial charge in [0, 0.05) is 36.8 Å². The molecule has 1 aliphatic rings. The summed E-state index contributed by atoms with van der Waals surface area (Å²) in [5.74, 6) is -0.147. The first-order valence-electron chi connectivity index (χ1n) is 12.6. The number of ether oxygens (including phenoxy) is 1. The van der Waals surface area contributed by atoms with E-state index in [0.29, 0.717) is 24.2 Å². The number of rotatable bonds is 10. The Labute approximate surface area is 223 Å². The lowest BCUT2D eigenvalue weighted by Crippen LogP contribution is -2.41. The number of hydrogen-bond acceptors (Lipinski definition) is 7. The molecule has 1 aromatic heterocycles. The number of pyridine rings is 1. The van der Waals surface area contributed by atoms with E-state index in [9.17, 15) is 4.79 Å². The van der Waals surface area contributed by atoms with Crippen LogP contribution in [0.15, 0.2) is 67.0 Å². The zero-order valence-electron chi connectivity index (χ0n) is 21.4. The van der Waals surface area contributed by atoms with E-state index in [-0.39, 0.29) is 29.4 Å². The summed E-state index contributed by atoms with van der Waals surface area (Å²) in [5, 5.41) is 22.4. The molecule has 8 nitrogen and oxygen atoms in total. The smallest absolute Gasteiger partial charge is 0.255 e. The van der Waals surface area contributed by atoms with Gasteiger partial charge in [-0.05, 0) is 47.6 Å².